The fraction of sp³-hybridized carbons (Fsp3) is 0.208. The first kappa shape index (κ1) is 19.4. The highest BCUT2D eigenvalue weighted by Gasteiger charge is 2.18. The van der Waals surface area contributed by atoms with E-state index < -0.39 is 0 Å². The third-order valence-electron chi connectivity index (χ3n) is 4.95. The van der Waals surface area contributed by atoms with Crippen molar-refractivity contribution in [2.24, 2.45) is 0 Å². The van der Waals surface area contributed by atoms with Crippen molar-refractivity contribution in [1.82, 2.24) is 10.6 Å². The van der Waals surface area contributed by atoms with Crippen LogP contribution in [0.3, 0.4) is 0 Å². The first-order valence-corrected chi connectivity index (χ1v) is 10.6. The van der Waals surface area contributed by atoms with Crippen molar-refractivity contribution in [2.45, 2.75) is 25.9 Å². The van der Waals surface area contributed by atoms with Gasteiger partial charge in [-0.05, 0) is 43.0 Å². The second-order valence-electron chi connectivity index (χ2n) is 7.22. The lowest BCUT2D eigenvalue weighted by atomic mass is 10.0. The summed E-state index contributed by atoms with van der Waals surface area (Å²) in [6.45, 7) is 4.23. The van der Waals surface area contributed by atoms with E-state index in [0.717, 1.165) is 22.3 Å². The minimum atomic E-state index is -0.198. The van der Waals surface area contributed by atoms with E-state index in [1.165, 1.54) is 10.4 Å². The van der Waals surface area contributed by atoms with Crippen LogP contribution in [0.5, 0.6) is 0 Å². The predicted octanol–water partition coefficient (Wildman–Crippen LogP) is 5.36. The van der Waals surface area contributed by atoms with Crippen LogP contribution in [0.2, 0.25) is 0 Å². The quantitative estimate of drug-likeness (QED) is 0.436. The number of aryl methyl sites for hydroxylation is 1. The number of rotatable bonds is 7. The van der Waals surface area contributed by atoms with Gasteiger partial charge in [0.15, 0.2) is 0 Å². The topological polar surface area (TPSA) is 54.3 Å². The lowest BCUT2D eigenvalue weighted by Crippen LogP contribution is -2.37. The lowest BCUT2D eigenvalue weighted by Gasteiger charge is -2.19. The summed E-state index contributed by atoms with van der Waals surface area (Å²) in [5.41, 5.74) is 3.20. The van der Waals surface area contributed by atoms with E-state index in [-0.39, 0.29) is 24.5 Å². The zero-order chi connectivity index (χ0) is 20.2. The van der Waals surface area contributed by atoms with Crippen LogP contribution < -0.4 is 10.6 Å². The van der Waals surface area contributed by atoms with Crippen molar-refractivity contribution in [1.29, 1.82) is 0 Å². The summed E-state index contributed by atoms with van der Waals surface area (Å²) in [5.74, 6) is 0.694. The number of hydrogen-bond acceptors (Lipinski definition) is 4. The van der Waals surface area contributed by atoms with Crippen molar-refractivity contribution in [3.05, 3.63) is 93.9 Å². The molecular weight excluding hydrogens is 380 g/mol. The second kappa shape index (κ2) is 8.64. The van der Waals surface area contributed by atoms with Crippen molar-refractivity contribution >= 4 is 28.2 Å². The van der Waals surface area contributed by atoms with Crippen LogP contribution >= 0.6 is 11.3 Å². The number of carbonyl (C=O) groups excluding carboxylic acids is 1. The molecule has 29 heavy (non-hydrogen) atoms. The fourth-order valence-corrected chi connectivity index (χ4v) is 4.20. The molecule has 0 saturated heterocycles. The van der Waals surface area contributed by atoms with Gasteiger partial charge in [-0.25, -0.2) is 0 Å². The van der Waals surface area contributed by atoms with Crippen molar-refractivity contribution in [3.8, 4) is 0 Å². The van der Waals surface area contributed by atoms with Gasteiger partial charge in [0, 0.05) is 10.3 Å². The Morgan fingerprint density at radius 2 is 1.86 bits per heavy atom. The Hall–Kier alpha value is -2.89. The molecule has 2 N–H and O–H groups in total. The summed E-state index contributed by atoms with van der Waals surface area (Å²) in [4.78, 5) is 13.8. The molecule has 0 aliphatic rings. The molecule has 1 amide bonds. The van der Waals surface area contributed by atoms with Crippen molar-refractivity contribution in [3.63, 3.8) is 0 Å². The van der Waals surface area contributed by atoms with Crippen LogP contribution in [-0.2, 0) is 4.79 Å². The van der Waals surface area contributed by atoms with Crippen LogP contribution in [0.4, 0.5) is 0 Å². The van der Waals surface area contributed by atoms with Crippen LogP contribution in [0.15, 0.2) is 76.5 Å². The molecule has 0 bridgehead atoms. The van der Waals surface area contributed by atoms with E-state index in [0.29, 0.717) is 0 Å². The Balaban J connectivity index is 1.41. The Morgan fingerprint density at radius 1 is 1.07 bits per heavy atom. The lowest BCUT2D eigenvalue weighted by molar-refractivity contribution is -0.121. The first-order valence-electron chi connectivity index (χ1n) is 9.71. The van der Waals surface area contributed by atoms with Gasteiger partial charge in [-0.15, -0.1) is 11.3 Å². The summed E-state index contributed by atoms with van der Waals surface area (Å²) in [7, 11) is 0. The number of para-hydroxylation sites is 1. The maximum Gasteiger partial charge on any atom is 0.234 e. The average molecular weight is 405 g/mol. The summed E-state index contributed by atoms with van der Waals surface area (Å²) in [6, 6.07) is 22.2. The highest BCUT2D eigenvalue weighted by atomic mass is 32.1. The van der Waals surface area contributed by atoms with Gasteiger partial charge >= 0.3 is 0 Å². The molecular formula is C24H24N2O2S. The number of hydrogen-bond donors (Lipinski definition) is 2. The minimum absolute atomic E-state index is 0.0112. The molecule has 2 aromatic heterocycles. The van der Waals surface area contributed by atoms with Gasteiger partial charge in [0.25, 0.3) is 0 Å². The number of benzene rings is 2. The molecule has 0 aliphatic heterocycles. The van der Waals surface area contributed by atoms with Crippen LogP contribution in [0, 0.1) is 6.92 Å². The zero-order valence-corrected chi connectivity index (χ0v) is 17.3. The van der Waals surface area contributed by atoms with Gasteiger partial charge < -0.3 is 9.73 Å². The third-order valence-corrected chi connectivity index (χ3v) is 5.89. The van der Waals surface area contributed by atoms with E-state index in [9.17, 15) is 4.79 Å². The smallest absolute Gasteiger partial charge is 0.234 e. The van der Waals surface area contributed by atoms with Gasteiger partial charge in [-0.2, -0.15) is 0 Å². The Kier molecular flexibility index (Phi) is 5.79. The normalized spacial score (nSPS) is 13.3. The fourth-order valence-electron chi connectivity index (χ4n) is 3.37. The standard InChI is InChI=1S/C24H24N2O2S/c1-16-9-11-18(12-10-16)24(22-8-5-13-29-22)25-15-23(27)26-17(2)21-14-19-6-3-4-7-20(19)28-21/h3-14,17,24-25H,15H2,1-2H3,(H,26,27)/t17-,24+/m1/s1. The summed E-state index contributed by atoms with van der Waals surface area (Å²) in [6.07, 6.45) is 0. The maximum atomic E-state index is 12.6. The number of thiophene rings is 1. The number of furan rings is 1. The Bertz CT molecular complexity index is 1050. The van der Waals surface area contributed by atoms with Gasteiger partial charge in [0.2, 0.25) is 5.91 Å². The highest BCUT2D eigenvalue weighted by Crippen LogP contribution is 2.26. The molecule has 0 radical (unpaired) electrons. The third kappa shape index (κ3) is 4.58. The van der Waals surface area contributed by atoms with Crippen molar-refractivity contribution < 1.29 is 9.21 Å². The number of amides is 1. The summed E-state index contributed by atoms with van der Waals surface area (Å²) >= 11 is 1.69. The molecule has 2 atom stereocenters. The zero-order valence-electron chi connectivity index (χ0n) is 16.5. The molecule has 0 fully saturated rings. The average Bonchev–Trinajstić information content (AvgIpc) is 3.39. The number of fused-ring (bicyclic) bond motifs is 1. The SMILES string of the molecule is Cc1ccc([C@H](NCC(=O)N[C@H](C)c2cc3ccccc3o2)c2cccs2)cc1. The van der Waals surface area contributed by atoms with Crippen LogP contribution in [0.25, 0.3) is 11.0 Å². The van der Waals surface area contributed by atoms with E-state index in [4.69, 9.17) is 4.42 Å². The second-order valence-corrected chi connectivity index (χ2v) is 8.20. The molecule has 5 heteroatoms. The molecule has 4 nitrogen and oxygen atoms in total. The minimum Gasteiger partial charge on any atom is -0.459 e. The summed E-state index contributed by atoms with van der Waals surface area (Å²) < 4.78 is 5.86. The van der Waals surface area contributed by atoms with E-state index in [1.54, 1.807) is 11.3 Å². The van der Waals surface area contributed by atoms with E-state index in [2.05, 4.69) is 53.3 Å². The first-order chi connectivity index (χ1) is 14.1. The number of carbonyl (C=O) groups is 1. The molecule has 4 aromatic rings. The Morgan fingerprint density at radius 3 is 2.59 bits per heavy atom. The molecule has 2 heterocycles. The van der Waals surface area contributed by atoms with Gasteiger partial charge in [0.1, 0.15) is 11.3 Å². The largest absolute Gasteiger partial charge is 0.459 e. The molecule has 148 valence electrons. The summed E-state index contributed by atoms with van der Waals surface area (Å²) in [5, 5.41) is 9.53. The van der Waals surface area contributed by atoms with Gasteiger partial charge in [0.05, 0.1) is 18.6 Å². The monoisotopic (exact) mass is 404 g/mol. The van der Waals surface area contributed by atoms with Gasteiger partial charge in [-0.1, -0.05) is 54.1 Å². The molecule has 2 aromatic carbocycles. The van der Waals surface area contributed by atoms with Crippen molar-refractivity contribution in [2.75, 3.05) is 6.54 Å². The molecule has 0 aliphatic carbocycles. The van der Waals surface area contributed by atoms with Crippen LogP contribution in [0.1, 0.15) is 40.8 Å². The van der Waals surface area contributed by atoms with E-state index >= 15 is 0 Å². The van der Waals surface area contributed by atoms with E-state index in [1.807, 2.05) is 43.3 Å². The van der Waals surface area contributed by atoms with Crippen LogP contribution in [-0.4, -0.2) is 12.5 Å². The Labute approximate surface area is 174 Å². The highest BCUT2D eigenvalue weighted by molar-refractivity contribution is 7.10. The number of nitrogens with one attached hydrogen (secondary N) is 2. The maximum absolute atomic E-state index is 12.6. The predicted molar refractivity (Wildman–Crippen MR) is 118 cm³/mol. The van der Waals surface area contributed by atoms with Gasteiger partial charge in [-0.3, -0.25) is 10.1 Å². The molecule has 4 rings (SSSR count). The molecule has 0 unspecified atom stereocenters. The molecule has 0 saturated carbocycles. The molecule has 0 spiro atoms.